The van der Waals surface area contributed by atoms with E-state index in [1.165, 1.54) is 23.0 Å². The summed E-state index contributed by atoms with van der Waals surface area (Å²) in [4.78, 5) is 11.5. The molecule has 0 fully saturated rings. The molecule has 1 aromatic heterocycles. The standard InChI is InChI=1S/C10H10N4O2/c15-9-3-1-2-8(6-9)12-10(16)7-14-5-4-11-13-14/h1-6,15H,7H2,(H,12,16). The van der Waals surface area contributed by atoms with Crippen LogP contribution in [0.25, 0.3) is 0 Å². The lowest BCUT2D eigenvalue weighted by Gasteiger charge is -2.04. The van der Waals surface area contributed by atoms with Gasteiger partial charge in [-0.1, -0.05) is 11.3 Å². The van der Waals surface area contributed by atoms with Crippen molar-refractivity contribution in [2.75, 3.05) is 5.32 Å². The van der Waals surface area contributed by atoms with Gasteiger partial charge in [-0.15, -0.1) is 5.10 Å². The van der Waals surface area contributed by atoms with Crippen molar-refractivity contribution in [2.45, 2.75) is 6.54 Å². The van der Waals surface area contributed by atoms with Crippen molar-refractivity contribution in [2.24, 2.45) is 0 Å². The molecule has 0 radical (unpaired) electrons. The summed E-state index contributed by atoms with van der Waals surface area (Å²) in [5, 5.41) is 19.1. The quantitative estimate of drug-likeness (QED) is 0.791. The molecule has 1 amide bonds. The van der Waals surface area contributed by atoms with Gasteiger partial charge in [0, 0.05) is 18.0 Å². The average molecular weight is 218 g/mol. The minimum Gasteiger partial charge on any atom is -0.508 e. The summed E-state index contributed by atoms with van der Waals surface area (Å²) in [6, 6.07) is 6.35. The summed E-state index contributed by atoms with van der Waals surface area (Å²) in [6.45, 7) is 0.0929. The Morgan fingerprint density at radius 1 is 1.50 bits per heavy atom. The lowest BCUT2D eigenvalue weighted by atomic mass is 10.3. The highest BCUT2D eigenvalue weighted by atomic mass is 16.3. The number of aromatic nitrogens is 3. The summed E-state index contributed by atoms with van der Waals surface area (Å²) in [6.07, 6.45) is 3.10. The summed E-state index contributed by atoms with van der Waals surface area (Å²) in [5.74, 6) is -0.116. The molecule has 2 N–H and O–H groups in total. The van der Waals surface area contributed by atoms with Crippen molar-refractivity contribution in [1.82, 2.24) is 15.0 Å². The van der Waals surface area contributed by atoms with Gasteiger partial charge in [0.2, 0.25) is 5.91 Å². The van der Waals surface area contributed by atoms with Gasteiger partial charge in [0.25, 0.3) is 0 Å². The molecule has 0 atom stereocenters. The molecular weight excluding hydrogens is 208 g/mol. The number of carbonyl (C=O) groups is 1. The SMILES string of the molecule is O=C(Cn1ccnn1)Nc1cccc(O)c1. The fourth-order valence-corrected chi connectivity index (χ4v) is 1.25. The maximum atomic E-state index is 11.5. The van der Waals surface area contributed by atoms with E-state index in [0.29, 0.717) is 5.69 Å². The van der Waals surface area contributed by atoms with Crippen LogP contribution in [0.2, 0.25) is 0 Å². The van der Waals surface area contributed by atoms with E-state index in [9.17, 15) is 9.90 Å². The topological polar surface area (TPSA) is 80.0 Å². The number of nitrogens with zero attached hydrogens (tertiary/aromatic N) is 3. The summed E-state index contributed by atoms with van der Waals surface area (Å²) < 4.78 is 1.41. The molecular formula is C10H10N4O2. The van der Waals surface area contributed by atoms with Crippen LogP contribution in [0.3, 0.4) is 0 Å². The molecule has 16 heavy (non-hydrogen) atoms. The summed E-state index contributed by atoms with van der Waals surface area (Å²) >= 11 is 0. The average Bonchev–Trinajstić information content (AvgIpc) is 2.70. The Morgan fingerprint density at radius 3 is 3.06 bits per heavy atom. The fraction of sp³-hybridized carbons (Fsp3) is 0.100. The molecule has 1 aromatic carbocycles. The highest BCUT2D eigenvalue weighted by Gasteiger charge is 2.04. The number of hydrogen-bond donors (Lipinski definition) is 2. The van der Waals surface area contributed by atoms with Crippen LogP contribution in [-0.4, -0.2) is 26.0 Å². The first kappa shape index (κ1) is 10.2. The Kier molecular flexibility index (Phi) is 2.81. The van der Waals surface area contributed by atoms with Crippen molar-refractivity contribution in [3.05, 3.63) is 36.7 Å². The van der Waals surface area contributed by atoms with E-state index in [1.54, 1.807) is 18.3 Å². The van der Waals surface area contributed by atoms with Crippen LogP contribution in [0, 0.1) is 0 Å². The Morgan fingerprint density at radius 2 is 2.38 bits per heavy atom. The first-order chi connectivity index (χ1) is 7.74. The molecule has 2 rings (SSSR count). The number of rotatable bonds is 3. The zero-order valence-electron chi connectivity index (χ0n) is 8.37. The Balaban J connectivity index is 1.97. The van der Waals surface area contributed by atoms with Crippen molar-refractivity contribution in [3.8, 4) is 5.75 Å². The molecule has 2 aromatic rings. The third-order valence-electron chi connectivity index (χ3n) is 1.91. The van der Waals surface area contributed by atoms with Crippen molar-refractivity contribution >= 4 is 11.6 Å². The second-order valence-corrected chi connectivity index (χ2v) is 3.20. The summed E-state index contributed by atoms with van der Waals surface area (Å²) in [5.41, 5.74) is 0.546. The molecule has 0 saturated heterocycles. The molecule has 0 spiro atoms. The van der Waals surface area contributed by atoms with Crippen LogP contribution >= 0.6 is 0 Å². The second kappa shape index (κ2) is 4.43. The van der Waals surface area contributed by atoms with Gasteiger partial charge in [0.15, 0.2) is 0 Å². The van der Waals surface area contributed by atoms with Gasteiger partial charge < -0.3 is 10.4 Å². The maximum absolute atomic E-state index is 11.5. The number of carbonyl (C=O) groups excluding carboxylic acids is 1. The van der Waals surface area contributed by atoms with Crippen LogP contribution in [0.5, 0.6) is 5.75 Å². The number of amides is 1. The fourth-order valence-electron chi connectivity index (χ4n) is 1.25. The number of hydrogen-bond acceptors (Lipinski definition) is 4. The molecule has 0 unspecified atom stereocenters. The van der Waals surface area contributed by atoms with Gasteiger partial charge in [0.1, 0.15) is 12.3 Å². The largest absolute Gasteiger partial charge is 0.508 e. The number of phenols is 1. The molecule has 6 heteroatoms. The van der Waals surface area contributed by atoms with Crippen LogP contribution < -0.4 is 5.32 Å². The van der Waals surface area contributed by atoms with Crippen molar-refractivity contribution in [3.63, 3.8) is 0 Å². The molecule has 0 aliphatic rings. The number of nitrogens with one attached hydrogen (secondary N) is 1. The predicted octanol–water partition coefficient (Wildman–Crippen LogP) is 0.622. The molecule has 82 valence electrons. The Labute approximate surface area is 91.5 Å². The number of phenolic OH excluding ortho intramolecular Hbond substituents is 1. The molecule has 0 saturated carbocycles. The lowest BCUT2D eigenvalue weighted by molar-refractivity contribution is -0.116. The minimum absolute atomic E-state index is 0.0929. The van der Waals surface area contributed by atoms with E-state index in [1.807, 2.05) is 0 Å². The third-order valence-corrected chi connectivity index (χ3v) is 1.91. The highest BCUT2D eigenvalue weighted by molar-refractivity contribution is 5.90. The maximum Gasteiger partial charge on any atom is 0.246 e. The monoisotopic (exact) mass is 218 g/mol. The Bertz CT molecular complexity index is 481. The van der Waals surface area contributed by atoms with E-state index in [-0.39, 0.29) is 18.2 Å². The first-order valence-corrected chi connectivity index (χ1v) is 4.67. The molecule has 6 nitrogen and oxygen atoms in total. The Hall–Kier alpha value is -2.37. The van der Waals surface area contributed by atoms with Crippen LogP contribution in [0.4, 0.5) is 5.69 Å². The van der Waals surface area contributed by atoms with Crippen molar-refractivity contribution in [1.29, 1.82) is 0 Å². The normalized spacial score (nSPS) is 10.0. The van der Waals surface area contributed by atoms with Crippen LogP contribution in [0.15, 0.2) is 36.7 Å². The van der Waals surface area contributed by atoms with E-state index < -0.39 is 0 Å². The number of anilines is 1. The number of benzene rings is 1. The first-order valence-electron chi connectivity index (χ1n) is 4.67. The van der Waals surface area contributed by atoms with E-state index in [0.717, 1.165) is 0 Å². The highest BCUT2D eigenvalue weighted by Crippen LogP contribution is 2.15. The van der Waals surface area contributed by atoms with Crippen LogP contribution in [0.1, 0.15) is 0 Å². The second-order valence-electron chi connectivity index (χ2n) is 3.20. The van der Waals surface area contributed by atoms with E-state index in [2.05, 4.69) is 15.6 Å². The minimum atomic E-state index is -0.226. The number of aromatic hydroxyl groups is 1. The van der Waals surface area contributed by atoms with Gasteiger partial charge in [-0.2, -0.15) is 0 Å². The smallest absolute Gasteiger partial charge is 0.246 e. The van der Waals surface area contributed by atoms with Gasteiger partial charge in [-0.25, -0.2) is 4.68 Å². The third kappa shape index (κ3) is 2.57. The van der Waals surface area contributed by atoms with Crippen LogP contribution in [-0.2, 0) is 11.3 Å². The predicted molar refractivity (Wildman–Crippen MR) is 56.8 cm³/mol. The molecule has 1 heterocycles. The zero-order chi connectivity index (χ0) is 11.4. The van der Waals surface area contributed by atoms with E-state index >= 15 is 0 Å². The molecule has 0 aliphatic heterocycles. The van der Waals surface area contributed by atoms with Crippen molar-refractivity contribution < 1.29 is 9.90 Å². The van der Waals surface area contributed by atoms with E-state index in [4.69, 9.17) is 0 Å². The molecule has 0 aliphatic carbocycles. The lowest BCUT2D eigenvalue weighted by Crippen LogP contribution is -2.19. The molecule has 0 bridgehead atoms. The summed E-state index contributed by atoms with van der Waals surface area (Å²) in [7, 11) is 0. The zero-order valence-corrected chi connectivity index (χ0v) is 8.37. The van der Waals surface area contributed by atoms with Gasteiger partial charge in [-0.05, 0) is 12.1 Å². The van der Waals surface area contributed by atoms with Gasteiger partial charge >= 0.3 is 0 Å². The van der Waals surface area contributed by atoms with Gasteiger partial charge in [0.05, 0.1) is 6.20 Å². The van der Waals surface area contributed by atoms with Gasteiger partial charge in [-0.3, -0.25) is 4.79 Å².